The Labute approximate surface area is 168 Å². The Hall–Kier alpha value is -1.84. The maximum Gasteiger partial charge on any atom is 0.235 e. The summed E-state index contributed by atoms with van der Waals surface area (Å²) in [6, 6.07) is 17.7. The van der Waals surface area contributed by atoms with Crippen LogP contribution in [-0.4, -0.2) is 24.5 Å². The zero-order valence-electron chi connectivity index (χ0n) is 16.1. The minimum absolute atomic E-state index is 0. The number of rotatable bonds is 7. The predicted molar refractivity (Wildman–Crippen MR) is 113 cm³/mol. The fourth-order valence-corrected chi connectivity index (χ4v) is 4.29. The largest absolute Gasteiger partial charge is 0.353 e. The predicted octanol–water partition coefficient (Wildman–Crippen LogP) is 4.43. The van der Waals surface area contributed by atoms with Gasteiger partial charge in [0.1, 0.15) is 5.41 Å². The molecule has 3 nitrogen and oxygen atoms in total. The van der Waals surface area contributed by atoms with Gasteiger partial charge >= 0.3 is 0 Å². The number of fused-ring (bicyclic) bond motifs is 3. The van der Waals surface area contributed by atoms with Gasteiger partial charge in [0.15, 0.2) is 0 Å². The summed E-state index contributed by atoms with van der Waals surface area (Å²) in [5, 5.41) is 6.80. The first-order valence-corrected chi connectivity index (χ1v) is 9.86. The lowest BCUT2D eigenvalue weighted by Gasteiger charge is -2.32. The summed E-state index contributed by atoms with van der Waals surface area (Å²) in [5.41, 5.74) is 4.15. The van der Waals surface area contributed by atoms with Crippen molar-refractivity contribution in [1.29, 1.82) is 0 Å². The number of carbonyl (C=O) groups excluding carboxylic acids is 1. The van der Waals surface area contributed by atoms with Crippen molar-refractivity contribution >= 4 is 18.3 Å². The molecule has 2 aromatic carbocycles. The Morgan fingerprint density at radius 1 is 1.04 bits per heavy atom. The monoisotopic (exact) mass is 384 g/mol. The van der Waals surface area contributed by atoms with Crippen LogP contribution in [0.25, 0.3) is 11.1 Å². The molecule has 0 atom stereocenters. The van der Waals surface area contributed by atoms with Gasteiger partial charge in [-0.15, -0.1) is 12.4 Å². The van der Waals surface area contributed by atoms with Crippen LogP contribution in [0.4, 0.5) is 0 Å². The van der Waals surface area contributed by atoms with Gasteiger partial charge < -0.3 is 10.6 Å². The van der Waals surface area contributed by atoms with Crippen molar-refractivity contribution in [3.05, 3.63) is 59.7 Å². The molecule has 2 aliphatic rings. The maximum absolute atomic E-state index is 13.5. The maximum atomic E-state index is 13.5. The Morgan fingerprint density at radius 2 is 1.59 bits per heavy atom. The minimum atomic E-state index is -0.581. The average molecular weight is 385 g/mol. The molecule has 2 N–H and O–H groups in total. The molecule has 1 fully saturated rings. The second-order valence-corrected chi connectivity index (χ2v) is 7.96. The molecular weight excluding hydrogens is 356 g/mol. The minimum Gasteiger partial charge on any atom is -0.353 e. The molecule has 0 saturated heterocycles. The fourth-order valence-electron chi connectivity index (χ4n) is 4.29. The molecule has 1 amide bonds. The van der Waals surface area contributed by atoms with Gasteiger partial charge in [-0.05, 0) is 68.3 Å². The summed E-state index contributed by atoms with van der Waals surface area (Å²) >= 11 is 0. The molecule has 144 valence electrons. The Morgan fingerprint density at radius 3 is 2.11 bits per heavy atom. The molecule has 0 heterocycles. The zero-order valence-corrected chi connectivity index (χ0v) is 16.9. The quantitative estimate of drug-likeness (QED) is 0.693. The van der Waals surface area contributed by atoms with E-state index in [0.717, 1.165) is 30.5 Å². The number of hydrogen-bond donors (Lipinski definition) is 2. The second kappa shape index (κ2) is 8.04. The number of hydrogen-bond acceptors (Lipinski definition) is 2. The molecule has 2 aromatic rings. The summed E-state index contributed by atoms with van der Waals surface area (Å²) in [5.74, 6) is 0.135. The molecule has 0 spiro atoms. The normalized spacial score (nSPS) is 16.4. The van der Waals surface area contributed by atoms with Crippen LogP contribution in [0.1, 0.15) is 50.7 Å². The zero-order chi connectivity index (χ0) is 18.1. The van der Waals surface area contributed by atoms with Crippen LogP contribution in [0.5, 0.6) is 0 Å². The molecule has 2 aliphatic carbocycles. The molecule has 0 unspecified atom stereocenters. The second-order valence-electron chi connectivity index (χ2n) is 7.96. The van der Waals surface area contributed by atoms with Crippen LogP contribution >= 0.6 is 12.4 Å². The highest BCUT2D eigenvalue weighted by atomic mass is 35.5. The van der Waals surface area contributed by atoms with Gasteiger partial charge in [0, 0.05) is 12.1 Å². The number of benzene rings is 2. The molecule has 0 radical (unpaired) electrons. The Kier molecular flexibility index (Phi) is 5.92. The SMILES string of the molecule is CC(C)NC(=O)C1(CCCNC2CC2)c2ccccc2-c2ccccc21.Cl. The standard InChI is InChI=1S/C23H28N2O.ClH/c1-16(2)25-22(26)23(14-7-15-24-17-12-13-17)20-10-5-3-8-18(20)19-9-4-6-11-21(19)23;/h3-6,8-11,16-17,24H,7,12-15H2,1-2H3,(H,25,26);1H. The van der Waals surface area contributed by atoms with E-state index in [9.17, 15) is 4.79 Å². The lowest BCUT2D eigenvalue weighted by molar-refractivity contribution is -0.126. The topological polar surface area (TPSA) is 41.1 Å². The van der Waals surface area contributed by atoms with E-state index < -0.39 is 5.41 Å². The highest BCUT2D eigenvalue weighted by Crippen LogP contribution is 2.51. The van der Waals surface area contributed by atoms with E-state index in [2.05, 4.69) is 59.2 Å². The fraction of sp³-hybridized carbons (Fsp3) is 0.435. The van der Waals surface area contributed by atoms with Gasteiger partial charge in [0.05, 0.1) is 0 Å². The van der Waals surface area contributed by atoms with E-state index in [1.54, 1.807) is 0 Å². The van der Waals surface area contributed by atoms with Crippen molar-refractivity contribution in [2.75, 3.05) is 6.54 Å². The van der Waals surface area contributed by atoms with Crippen LogP contribution in [0, 0.1) is 0 Å². The van der Waals surface area contributed by atoms with E-state index in [1.807, 2.05) is 13.8 Å². The van der Waals surface area contributed by atoms with Crippen LogP contribution < -0.4 is 10.6 Å². The van der Waals surface area contributed by atoms with E-state index in [-0.39, 0.29) is 24.4 Å². The van der Waals surface area contributed by atoms with Crippen molar-refractivity contribution < 1.29 is 4.79 Å². The van der Waals surface area contributed by atoms with Crippen molar-refractivity contribution in [2.45, 2.75) is 57.0 Å². The average Bonchev–Trinajstić information content (AvgIpc) is 3.41. The third kappa shape index (κ3) is 3.63. The molecule has 1 saturated carbocycles. The van der Waals surface area contributed by atoms with Crippen molar-refractivity contribution in [3.63, 3.8) is 0 Å². The van der Waals surface area contributed by atoms with Crippen molar-refractivity contribution in [3.8, 4) is 11.1 Å². The smallest absolute Gasteiger partial charge is 0.235 e. The van der Waals surface area contributed by atoms with E-state index in [1.165, 1.54) is 24.0 Å². The van der Waals surface area contributed by atoms with Crippen LogP contribution in [0.2, 0.25) is 0 Å². The van der Waals surface area contributed by atoms with Gasteiger partial charge in [-0.2, -0.15) is 0 Å². The van der Waals surface area contributed by atoms with Gasteiger partial charge in [0.2, 0.25) is 5.91 Å². The third-order valence-corrected chi connectivity index (χ3v) is 5.61. The molecule has 27 heavy (non-hydrogen) atoms. The number of amides is 1. The Balaban J connectivity index is 0.00000210. The van der Waals surface area contributed by atoms with Gasteiger partial charge in [-0.25, -0.2) is 0 Å². The van der Waals surface area contributed by atoms with E-state index in [4.69, 9.17) is 0 Å². The lowest BCUT2D eigenvalue weighted by Crippen LogP contribution is -2.47. The molecule has 4 heteroatoms. The number of halogens is 1. The highest BCUT2D eigenvalue weighted by Gasteiger charge is 2.48. The van der Waals surface area contributed by atoms with Crippen molar-refractivity contribution in [2.24, 2.45) is 0 Å². The Bertz CT molecular complexity index is 768. The molecule has 0 bridgehead atoms. The number of carbonyl (C=O) groups is 1. The van der Waals surface area contributed by atoms with Crippen LogP contribution in [0.3, 0.4) is 0 Å². The van der Waals surface area contributed by atoms with E-state index >= 15 is 0 Å². The summed E-state index contributed by atoms with van der Waals surface area (Å²) in [6.45, 7) is 5.05. The van der Waals surface area contributed by atoms with Gasteiger partial charge in [0.25, 0.3) is 0 Å². The summed E-state index contributed by atoms with van der Waals surface area (Å²) in [4.78, 5) is 13.5. The summed E-state index contributed by atoms with van der Waals surface area (Å²) < 4.78 is 0. The molecular formula is C23H29ClN2O. The van der Waals surface area contributed by atoms with Crippen LogP contribution in [0.15, 0.2) is 48.5 Å². The van der Waals surface area contributed by atoms with E-state index in [0.29, 0.717) is 6.04 Å². The van der Waals surface area contributed by atoms with Crippen LogP contribution in [-0.2, 0) is 10.2 Å². The summed E-state index contributed by atoms with van der Waals surface area (Å²) in [6.07, 6.45) is 4.42. The number of nitrogens with one attached hydrogen (secondary N) is 2. The first-order valence-electron chi connectivity index (χ1n) is 9.86. The summed E-state index contributed by atoms with van der Waals surface area (Å²) in [7, 11) is 0. The van der Waals surface area contributed by atoms with Gasteiger partial charge in [-0.1, -0.05) is 48.5 Å². The lowest BCUT2D eigenvalue weighted by atomic mass is 9.73. The first-order chi connectivity index (χ1) is 12.6. The third-order valence-electron chi connectivity index (χ3n) is 5.61. The highest BCUT2D eigenvalue weighted by molar-refractivity contribution is 6.00. The van der Waals surface area contributed by atoms with Gasteiger partial charge in [-0.3, -0.25) is 4.79 Å². The first kappa shape index (κ1) is 19.9. The molecule has 0 aromatic heterocycles. The van der Waals surface area contributed by atoms with Crippen molar-refractivity contribution in [1.82, 2.24) is 10.6 Å². The molecule has 0 aliphatic heterocycles. The molecule has 4 rings (SSSR count).